The van der Waals surface area contributed by atoms with E-state index in [0.29, 0.717) is 6.01 Å². The van der Waals surface area contributed by atoms with E-state index in [2.05, 4.69) is 27.4 Å². The molecule has 1 aliphatic carbocycles. The second kappa shape index (κ2) is 8.53. The lowest BCUT2D eigenvalue weighted by Gasteiger charge is -2.46. The van der Waals surface area contributed by atoms with Crippen LogP contribution in [0.15, 0.2) is 36.8 Å². The molecule has 1 atom stereocenters. The molecule has 1 aliphatic heterocycles. The first-order valence-corrected chi connectivity index (χ1v) is 10.3. The molecule has 3 heterocycles. The predicted molar refractivity (Wildman–Crippen MR) is 107 cm³/mol. The van der Waals surface area contributed by atoms with E-state index in [-0.39, 0.29) is 11.0 Å². The van der Waals surface area contributed by atoms with Gasteiger partial charge in [0.05, 0.1) is 12.7 Å². The van der Waals surface area contributed by atoms with Gasteiger partial charge in [-0.1, -0.05) is 18.9 Å². The molecule has 150 valence electrons. The van der Waals surface area contributed by atoms with Crippen LogP contribution in [0.1, 0.15) is 56.2 Å². The lowest BCUT2D eigenvalue weighted by Crippen LogP contribution is -2.47. The highest BCUT2D eigenvalue weighted by molar-refractivity contribution is 5.20. The van der Waals surface area contributed by atoms with Crippen molar-refractivity contribution in [3.05, 3.63) is 48.0 Å². The number of rotatable bonds is 7. The summed E-state index contributed by atoms with van der Waals surface area (Å²) >= 11 is 0. The molecule has 2 fully saturated rings. The largest absolute Gasteiger partial charge is 0.467 e. The highest BCUT2D eigenvalue weighted by Gasteiger charge is 2.48. The van der Waals surface area contributed by atoms with Gasteiger partial charge < -0.3 is 14.8 Å². The molecule has 0 aromatic carbocycles. The predicted octanol–water partition coefficient (Wildman–Crippen LogP) is 3.42. The van der Waals surface area contributed by atoms with Gasteiger partial charge in [0.15, 0.2) is 0 Å². The van der Waals surface area contributed by atoms with Crippen LogP contribution < -0.4 is 10.1 Å². The zero-order valence-electron chi connectivity index (χ0n) is 16.7. The molecular formula is C22H30N4O2. The second-order valence-electron chi connectivity index (χ2n) is 8.17. The molecule has 1 N–H and O–H groups in total. The minimum atomic E-state index is 0.0690. The van der Waals surface area contributed by atoms with Gasteiger partial charge in [-0.2, -0.15) is 0 Å². The second-order valence-corrected chi connectivity index (χ2v) is 8.17. The SMILES string of the molecule is COc1ncc(CNCC[C@@]2(c3ccccn3)CCOC3(CCCC3)C2)cn1. The first-order chi connectivity index (χ1) is 13.7. The van der Waals surface area contributed by atoms with Crippen molar-refractivity contribution in [2.24, 2.45) is 0 Å². The fraction of sp³-hybridized carbons (Fsp3) is 0.591. The zero-order chi connectivity index (χ0) is 19.3. The lowest BCUT2D eigenvalue weighted by molar-refractivity contribution is -0.104. The first-order valence-electron chi connectivity index (χ1n) is 10.3. The summed E-state index contributed by atoms with van der Waals surface area (Å²) in [6.45, 7) is 2.52. The third kappa shape index (κ3) is 4.18. The van der Waals surface area contributed by atoms with E-state index in [0.717, 1.165) is 44.5 Å². The Labute approximate surface area is 167 Å². The Morgan fingerprint density at radius 2 is 1.93 bits per heavy atom. The van der Waals surface area contributed by atoms with E-state index >= 15 is 0 Å². The molecular weight excluding hydrogens is 352 g/mol. The maximum absolute atomic E-state index is 6.32. The van der Waals surface area contributed by atoms with Gasteiger partial charge in [0.2, 0.25) is 0 Å². The molecule has 0 unspecified atom stereocenters. The molecule has 4 rings (SSSR count). The van der Waals surface area contributed by atoms with Crippen LogP contribution in [-0.4, -0.2) is 40.8 Å². The Balaban J connectivity index is 1.42. The van der Waals surface area contributed by atoms with E-state index in [1.165, 1.54) is 31.4 Å². The van der Waals surface area contributed by atoms with E-state index < -0.39 is 0 Å². The van der Waals surface area contributed by atoms with Crippen LogP contribution in [0.2, 0.25) is 0 Å². The Hall–Kier alpha value is -2.05. The number of nitrogens with zero attached hydrogens (tertiary/aromatic N) is 3. The molecule has 2 aromatic rings. The van der Waals surface area contributed by atoms with Crippen molar-refractivity contribution < 1.29 is 9.47 Å². The summed E-state index contributed by atoms with van der Waals surface area (Å²) in [6.07, 6.45) is 13.7. The van der Waals surface area contributed by atoms with Crippen molar-refractivity contribution in [3.63, 3.8) is 0 Å². The quantitative estimate of drug-likeness (QED) is 0.740. The summed E-state index contributed by atoms with van der Waals surface area (Å²) < 4.78 is 11.3. The van der Waals surface area contributed by atoms with Crippen LogP contribution in [0.4, 0.5) is 0 Å². The smallest absolute Gasteiger partial charge is 0.316 e. The normalized spacial score (nSPS) is 23.8. The van der Waals surface area contributed by atoms with Crippen molar-refractivity contribution >= 4 is 0 Å². The van der Waals surface area contributed by atoms with Gasteiger partial charge in [0, 0.05) is 48.4 Å². The minimum absolute atomic E-state index is 0.0690. The fourth-order valence-electron chi connectivity index (χ4n) is 4.90. The first kappa shape index (κ1) is 19.3. The minimum Gasteiger partial charge on any atom is -0.467 e. The van der Waals surface area contributed by atoms with Crippen molar-refractivity contribution in [1.82, 2.24) is 20.3 Å². The molecule has 0 radical (unpaired) electrons. The number of pyridine rings is 1. The molecule has 6 nitrogen and oxygen atoms in total. The molecule has 0 bridgehead atoms. The summed E-state index contributed by atoms with van der Waals surface area (Å²) in [4.78, 5) is 13.1. The fourth-order valence-corrected chi connectivity index (χ4v) is 4.90. The molecule has 2 aliphatic rings. The summed E-state index contributed by atoms with van der Waals surface area (Å²) in [6, 6.07) is 6.72. The third-order valence-electron chi connectivity index (χ3n) is 6.35. The molecule has 0 amide bonds. The number of hydrogen-bond acceptors (Lipinski definition) is 6. The van der Waals surface area contributed by atoms with Crippen molar-refractivity contribution in [3.8, 4) is 6.01 Å². The maximum atomic E-state index is 6.32. The van der Waals surface area contributed by atoms with Crippen LogP contribution >= 0.6 is 0 Å². The number of nitrogens with one attached hydrogen (secondary N) is 1. The molecule has 1 saturated heterocycles. The monoisotopic (exact) mass is 382 g/mol. The number of ether oxygens (including phenoxy) is 2. The summed E-state index contributed by atoms with van der Waals surface area (Å²) in [5, 5.41) is 3.57. The number of methoxy groups -OCH3 is 1. The molecule has 28 heavy (non-hydrogen) atoms. The van der Waals surface area contributed by atoms with Gasteiger partial charge in [0.1, 0.15) is 0 Å². The maximum Gasteiger partial charge on any atom is 0.316 e. The third-order valence-corrected chi connectivity index (χ3v) is 6.35. The van der Waals surface area contributed by atoms with E-state index in [9.17, 15) is 0 Å². The number of aromatic nitrogens is 3. The van der Waals surface area contributed by atoms with Gasteiger partial charge in [0.25, 0.3) is 0 Å². The zero-order valence-corrected chi connectivity index (χ0v) is 16.7. The lowest BCUT2D eigenvalue weighted by atomic mass is 9.68. The van der Waals surface area contributed by atoms with E-state index in [1.807, 2.05) is 24.7 Å². The Bertz CT molecular complexity index is 747. The molecule has 1 saturated carbocycles. The summed E-state index contributed by atoms with van der Waals surface area (Å²) in [5.41, 5.74) is 2.44. The Kier molecular flexibility index (Phi) is 5.87. The van der Waals surface area contributed by atoms with Crippen molar-refractivity contribution in [2.45, 2.75) is 62.5 Å². The van der Waals surface area contributed by atoms with Crippen LogP contribution in [0, 0.1) is 0 Å². The van der Waals surface area contributed by atoms with Gasteiger partial charge in [-0.25, -0.2) is 9.97 Å². The Morgan fingerprint density at radius 3 is 2.64 bits per heavy atom. The van der Waals surface area contributed by atoms with Crippen LogP contribution in [0.25, 0.3) is 0 Å². The highest BCUT2D eigenvalue weighted by atomic mass is 16.5. The van der Waals surface area contributed by atoms with Gasteiger partial charge in [-0.15, -0.1) is 0 Å². The Morgan fingerprint density at radius 1 is 1.11 bits per heavy atom. The number of hydrogen-bond donors (Lipinski definition) is 1. The molecule has 6 heteroatoms. The average molecular weight is 383 g/mol. The average Bonchev–Trinajstić information content (AvgIpc) is 3.19. The van der Waals surface area contributed by atoms with Crippen molar-refractivity contribution in [2.75, 3.05) is 20.3 Å². The van der Waals surface area contributed by atoms with Crippen LogP contribution in [-0.2, 0) is 16.7 Å². The van der Waals surface area contributed by atoms with Crippen LogP contribution in [0.3, 0.4) is 0 Å². The highest BCUT2D eigenvalue weighted by Crippen LogP contribution is 2.49. The topological polar surface area (TPSA) is 69.2 Å². The van der Waals surface area contributed by atoms with Gasteiger partial charge in [-0.05, 0) is 50.8 Å². The van der Waals surface area contributed by atoms with Crippen LogP contribution in [0.5, 0.6) is 6.01 Å². The van der Waals surface area contributed by atoms with Crippen molar-refractivity contribution in [1.29, 1.82) is 0 Å². The summed E-state index contributed by atoms with van der Waals surface area (Å²) in [5.74, 6) is 0. The molecule has 2 aromatic heterocycles. The van der Waals surface area contributed by atoms with E-state index in [4.69, 9.17) is 14.5 Å². The van der Waals surface area contributed by atoms with E-state index in [1.54, 1.807) is 7.11 Å². The summed E-state index contributed by atoms with van der Waals surface area (Å²) in [7, 11) is 1.58. The standard InChI is InChI=1S/C22H30N4O2/c1-27-20-25-15-18(16-26-20)14-23-12-9-21(19-6-2-5-11-24-19)10-13-28-22(17-21)7-3-4-8-22/h2,5-6,11,15-16,23H,3-4,7-10,12-14,17H2,1H3/t21-/m1/s1. The molecule has 1 spiro atoms. The van der Waals surface area contributed by atoms with Gasteiger partial charge in [-0.3, -0.25) is 4.98 Å². The van der Waals surface area contributed by atoms with Gasteiger partial charge >= 0.3 is 6.01 Å².